The molecule has 1 saturated heterocycles. The van der Waals surface area contributed by atoms with Crippen LogP contribution >= 0.6 is 0 Å². The van der Waals surface area contributed by atoms with Gasteiger partial charge in [0.15, 0.2) is 0 Å². The number of hydrogen-bond donors (Lipinski definition) is 2. The van der Waals surface area contributed by atoms with Crippen molar-refractivity contribution >= 4 is 17.6 Å². The minimum Gasteiger partial charge on any atom is -0.326 e. The topological polar surface area (TPSA) is 83.4 Å². The highest BCUT2D eigenvalue weighted by atomic mass is 16.2. The van der Waals surface area contributed by atoms with Crippen LogP contribution in [-0.4, -0.2) is 40.5 Å². The number of aryl methyl sites for hydroxylation is 2. The Bertz CT molecular complexity index is 1330. The van der Waals surface area contributed by atoms with Crippen molar-refractivity contribution in [2.24, 2.45) is 5.92 Å². The lowest BCUT2D eigenvalue weighted by Gasteiger charge is -2.43. The maximum atomic E-state index is 13.4. The number of nitrogens with one attached hydrogen (secondary N) is 2. The molecule has 2 aliphatic heterocycles. The normalized spacial score (nSPS) is 19.2. The van der Waals surface area contributed by atoms with Crippen molar-refractivity contribution in [2.45, 2.75) is 45.2 Å². The third kappa shape index (κ3) is 5.05. The van der Waals surface area contributed by atoms with Crippen molar-refractivity contribution in [3.8, 4) is 0 Å². The van der Waals surface area contributed by atoms with Crippen LogP contribution in [0.2, 0.25) is 0 Å². The Kier molecular flexibility index (Phi) is 6.63. The van der Waals surface area contributed by atoms with Gasteiger partial charge in [0.2, 0.25) is 5.91 Å². The van der Waals surface area contributed by atoms with Gasteiger partial charge in [-0.1, -0.05) is 54.1 Å². The second-order valence-electron chi connectivity index (χ2n) is 10.1. The van der Waals surface area contributed by atoms with E-state index in [4.69, 9.17) is 0 Å². The molecule has 7 nitrogen and oxygen atoms in total. The van der Waals surface area contributed by atoms with Gasteiger partial charge in [-0.25, -0.2) is 4.79 Å². The Morgan fingerprint density at radius 3 is 2.56 bits per heavy atom. The fourth-order valence-electron chi connectivity index (χ4n) is 5.54. The van der Waals surface area contributed by atoms with Gasteiger partial charge in [-0.15, -0.1) is 0 Å². The molecule has 7 heteroatoms. The van der Waals surface area contributed by atoms with Gasteiger partial charge in [0.1, 0.15) is 6.04 Å². The summed E-state index contributed by atoms with van der Waals surface area (Å²) in [6.07, 6.45) is 1.36. The summed E-state index contributed by atoms with van der Waals surface area (Å²) in [7, 11) is 0. The Hall–Kier alpha value is -3.87. The molecule has 2 aromatic carbocycles. The average molecular weight is 485 g/mol. The van der Waals surface area contributed by atoms with E-state index in [1.54, 1.807) is 12.1 Å². The van der Waals surface area contributed by atoms with Crippen molar-refractivity contribution in [1.82, 2.24) is 14.8 Å². The quantitative estimate of drug-likeness (QED) is 0.577. The molecule has 5 rings (SSSR count). The van der Waals surface area contributed by atoms with Gasteiger partial charge in [0.05, 0.1) is 0 Å². The summed E-state index contributed by atoms with van der Waals surface area (Å²) in [6, 6.07) is 20.0. The summed E-state index contributed by atoms with van der Waals surface area (Å²) >= 11 is 0. The number of piperidine rings is 1. The number of hydrogen-bond acceptors (Lipinski definition) is 3. The highest BCUT2D eigenvalue weighted by Crippen LogP contribution is 2.35. The van der Waals surface area contributed by atoms with Gasteiger partial charge >= 0.3 is 6.03 Å². The summed E-state index contributed by atoms with van der Waals surface area (Å²) in [5, 5.41) is 6.03. The van der Waals surface area contributed by atoms with E-state index in [1.165, 1.54) is 0 Å². The molecular weight excluding hydrogens is 452 g/mol. The van der Waals surface area contributed by atoms with E-state index in [0.29, 0.717) is 26.1 Å². The number of likely N-dealkylation sites (tertiary alicyclic amines) is 1. The summed E-state index contributed by atoms with van der Waals surface area (Å²) in [6.45, 7) is 5.70. The highest BCUT2D eigenvalue weighted by molar-refractivity contribution is 5.97. The molecule has 0 unspecified atom stereocenters. The first-order valence-corrected chi connectivity index (χ1v) is 12.5. The number of fused-ring (bicyclic) bond motifs is 4. The number of rotatable bonds is 5. The first-order chi connectivity index (χ1) is 17.4. The third-order valence-electron chi connectivity index (χ3n) is 7.30. The number of urea groups is 1. The Balaban J connectivity index is 1.33. The van der Waals surface area contributed by atoms with Crippen LogP contribution in [0.1, 0.15) is 34.7 Å². The second-order valence-corrected chi connectivity index (χ2v) is 10.1. The lowest BCUT2D eigenvalue weighted by molar-refractivity contribution is -0.118. The van der Waals surface area contributed by atoms with Gasteiger partial charge in [-0.2, -0.15) is 0 Å². The molecule has 3 heterocycles. The smallest absolute Gasteiger partial charge is 0.318 e. The zero-order valence-electron chi connectivity index (χ0n) is 20.7. The molecule has 0 spiro atoms. The van der Waals surface area contributed by atoms with Crippen LogP contribution in [0.5, 0.6) is 0 Å². The minimum atomic E-state index is -0.725. The van der Waals surface area contributed by atoms with E-state index in [1.807, 2.05) is 77.9 Å². The Morgan fingerprint density at radius 1 is 0.972 bits per heavy atom. The van der Waals surface area contributed by atoms with E-state index < -0.39 is 6.04 Å². The predicted octanol–water partition coefficient (Wildman–Crippen LogP) is 3.84. The molecule has 0 aliphatic carbocycles. The zero-order valence-corrected chi connectivity index (χ0v) is 20.7. The number of pyridine rings is 1. The monoisotopic (exact) mass is 484 g/mol. The molecule has 1 aromatic heterocycles. The number of carbonyl (C=O) groups excluding carboxylic acids is 2. The van der Waals surface area contributed by atoms with E-state index in [0.717, 1.165) is 34.5 Å². The molecule has 186 valence electrons. The summed E-state index contributed by atoms with van der Waals surface area (Å²) in [5.41, 5.74) is 4.83. The molecule has 0 radical (unpaired) electrons. The van der Waals surface area contributed by atoms with Gasteiger partial charge in [0, 0.05) is 49.4 Å². The molecule has 36 heavy (non-hydrogen) atoms. The molecule has 1 fully saturated rings. The molecule has 2 bridgehead atoms. The van der Waals surface area contributed by atoms with Crippen molar-refractivity contribution in [3.05, 3.63) is 99.5 Å². The minimum absolute atomic E-state index is 0.0195. The summed E-state index contributed by atoms with van der Waals surface area (Å²) < 4.78 is 1.85. The van der Waals surface area contributed by atoms with Crippen LogP contribution in [0, 0.1) is 19.8 Å². The number of amides is 3. The number of anilines is 1. The SMILES string of the molecule is Cc1ccc(NC(=O)[C@H](Cc2ccccc2)NC(=O)N2C[C@H]3C[C@@H](C2)c2cccc(=O)n2C3)c(C)c1. The predicted molar refractivity (Wildman–Crippen MR) is 140 cm³/mol. The number of aromatic nitrogens is 1. The fraction of sp³-hybridized carbons (Fsp3) is 0.345. The lowest BCUT2D eigenvalue weighted by Crippen LogP contribution is -2.55. The summed E-state index contributed by atoms with van der Waals surface area (Å²) in [4.78, 5) is 41.0. The lowest BCUT2D eigenvalue weighted by atomic mass is 9.83. The zero-order chi connectivity index (χ0) is 25.2. The third-order valence-corrected chi connectivity index (χ3v) is 7.30. The molecule has 3 atom stereocenters. The number of carbonyl (C=O) groups is 2. The van der Waals surface area contributed by atoms with Crippen LogP contribution in [0.25, 0.3) is 0 Å². The van der Waals surface area contributed by atoms with Crippen LogP contribution in [-0.2, 0) is 17.8 Å². The average Bonchev–Trinajstić information content (AvgIpc) is 2.86. The molecule has 3 aromatic rings. The number of benzene rings is 2. The first kappa shape index (κ1) is 23.9. The van der Waals surface area contributed by atoms with Gasteiger partial charge in [-0.05, 0) is 49.4 Å². The molecule has 3 amide bonds. The van der Waals surface area contributed by atoms with Crippen LogP contribution in [0.4, 0.5) is 10.5 Å². The largest absolute Gasteiger partial charge is 0.326 e. The van der Waals surface area contributed by atoms with Crippen LogP contribution in [0.3, 0.4) is 0 Å². The first-order valence-electron chi connectivity index (χ1n) is 12.5. The standard InChI is InChI=1S/C29H32N4O3/c1-19-11-12-24(20(2)13-19)30-28(35)25(15-21-7-4-3-5-8-21)31-29(36)32-16-22-14-23(18-32)26-9-6-10-27(34)33(26)17-22/h3-13,22-23,25H,14-18H2,1-2H3,(H,30,35)(H,31,36)/t22-,23+,25+/m1/s1. The molecule has 0 saturated carbocycles. The van der Waals surface area contributed by atoms with E-state index in [-0.39, 0.29) is 29.3 Å². The van der Waals surface area contributed by atoms with E-state index in [9.17, 15) is 14.4 Å². The van der Waals surface area contributed by atoms with Crippen molar-refractivity contribution in [3.63, 3.8) is 0 Å². The maximum Gasteiger partial charge on any atom is 0.318 e. The van der Waals surface area contributed by atoms with Gasteiger partial charge < -0.3 is 20.1 Å². The highest BCUT2D eigenvalue weighted by Gasteiger charge is 2.37. The molecular formula is C29H32N4O3. The van der Waals surface area contributed by atoms with E-state index >= 15 is 0 Å². The van der Waals surface area contributed by atoms with E-state index in [2.05, 4.69) is 10.6 Å². The Morgan fingerprint density at radius 2 is 1.78 bits per heavy atom. The maximum absolute atomic E-state index is 13.4. The molecule has 2 aliphatic rings. The Labute approximate surface area is 211 Å². The second kappa shape index (κ2) is 10.0. The van der Waals surface area contributed by atoms with Crippen molar-refractivity contribution in [2.75, 3.05) is 18.4 Å². The van der Waals surface area contributed by atoms with Crippen LogP contribution in [0.15, 0.2) is 71.5 Å². The van der Waals surface area contributed by atoms with Gasteiger partial charge in [0.25, 0.3) is 5.56 Å². The fourth-order valence-corrected chi connectivity index (χ4v) is 5.54. The molecule has 2 N–H and O–H groups in total. The van der Waals surface area contributed by atoms with Crippen molar-refractivity contribution in [1.29, 1.82) is 0 Å². The summed E-state index contributed by atoms with van der Waals surface area (Å²) in [5.74, 6) is 0.0979. The van der Waals surface area contributed by atoms with Gasteiger partial charge in [-0.3, -0.25) is 9.59 Å². The van der Waals surface area contributed by atoms with Crippen LogP contribution < -0.4 is 16.2 Å². The number of nitrogens with zero attached hydrogens (tertiary/aromatic N) is 2. The van der Waals surface area contributed by atoms with Crippen molar-refractivity contribution < 1.29 is 9.59 Å².